The minimum Gasteiger partial charge on any atom is -0.507 e. The summed E-state index contributed by atoms with van der Waals surface area (Å²) in [6.45, 7) is 4.76. The number of aryl methyl sites for hydroxylation is 1. The van der Waals surface area contributed by atoms with Crippen LogP contribution in [-0.2, 0) is 0 Å². The van der Waals surface area contributed by atoms with Crippen molar-refractivity contribution in [2.45, 2.75) is 32.2 Å². The maximum atomic E-state index is 14.7. The second-order valence-electron chi connectivity index (χ2n) is 8.04. The molecule has 2 aromatic heterocycles. The first-order valence-electron chi connectivity index (χ1n) is 10.2. The Bertz CT molecular complexity index is 1050. The van der Waals surface area contributed by atoms with Crippen molar-refractivity contribution < 1.29 is 9.50 Å². The molecule has 2 aliphatic rings. The van der Waals surface area contributed by atoms with Crippen LogP contribution in [-0.4, -0.2) is 51.2 Å². The van der Waals surface area contributed by atoms with Crippen LogP contribution in [0.25, 0.3) is 21.8 Å². The topological polar surface area (TPSA) is 87.1 Å². The Kier molecular flexibility index (Phi) is 5.08. The highest BCUT2D eigenvalue weighted by Crippen LogP contribution is 2.36. The molecule has 156 valence electrons. The summed E-state index contributed by atoms with van der Waals surface area (Å²) < 4.78 is 14.7. The smallest absolute Gasteiger partial charge is 0.151 e. The largest absolute Gasteiger partial charge is 0.507 e. The summed E-state index contributed by atoms with van der Waals surface area (Å²) in [6.07, 6.45) is 3.80. The first-order chi connectivity index (χ1) is 14.6. The molecule has 0 radical (unpaired) electrons. The Morgan fingerprint density at radius 1 is 1.13 bits per heavy atom. The second kappa shape index (κ2) is 7.88. The summed E-state index contributed by atoms with van der Waals surface area (Å²) in [7, 11) is 0. The van der Waals surface area contributed by atoms with E-state index in [-0.39, 0.29) is 11.3 Å². The van der Waals surface area contributed by atoms with E-state index in [2.05, 4.69) is 30.6 Å². The Balaban J connectivity index is 1.31. The summed E-state index contributed by atoms with van der Waals surface area (Å²) in [4.78, 5) is 2.21. The fourth-order valence-electron chi connectivity index (χ4n) is 3.76. The Morgan fingerprint density at radius 2 is 2.00 bits per heavy atom. The van der Waals surface area contributed by atoms with Gasteiger partial charge in [-0.3, -0.25) is 0 Å². The number of aromatic hydroxyl groups is 1. The van der Waals surface area contributed by atoms with Gasteiger partial charge in [-0.2, -0.15) is 0 Å². The highest BCUT2D eigenvalue weighted by atomic mass is 32.1. The molecule has 2 fully saturated rings. The Labute approximate surface area is 178 Å². The molecule has 1 saturated heterocycles. The first-order valence-corrected chi connectivity index (χ1v) is 11.0. The number of benzene rings is 1. The number of phenolic OH excluding ortho intramolecular Hbond substituents is 1. The molecule has 5 rings (SSSR count). The minimum absolute atomic E-state index is 0.0631. The maximum absolute atomic E-state index is 14.7. The van der Waals surface area contributed by atoms with E-state index < -0.39 is 5.82 Å². The van der Waals surface area contributed by atoms with Gasteiger partial charge in [0.2, 0.25) is 0 Å². The van der Waals surface area contributed by atoms with Gasteiger partial charge in [0.05, 0.1) is 11.3 Å². The zero-order valence-corrected chi connectivity index (χ0v) is 17.5. The van der Waals surface area contributed by atoms with Gasteiger partial charge in [0.1, 0.15) is 16.6 Å². The van der Waals surface area contributed by atoms with E-state index in [1.807, 2.05) is 6.07 Å². The van der Waals surface area contributed by atoms with Crippen molar-refractivity contribution in [3.63, 3.8) is 0 Å². The van der Waals surface area contributed by atoms with E-state index in [9.17, 15) is 9.50 Å². The Hall–Kier alpha value is -2.65. The van der Waals surface area contributed by atoms with Crippen molar-refractivity contribution in [2.24, 2.45) is 5.92 Å². The van der Waals surface area contributed by atoms with Gasteiger partial charge in [-0.1, -0.05) is 11.3 Å². The molecule has 3 heterocycles. The predicted molar refractivity (Wildman–Crippen MR) is 114 cm³/mol. The highest BCUT2D eigenvalue weighted by molar-refractivity contribution is 7.14. The number of aromatic nitrogens is 4. The summed E-state index contributed by atoms with van der Waals surface area (Å²) in [5, 5.41) is 31.7. The molecule has 1 atom stereocenters. The molecule has 30 heavy (non-hydrogen) atoms. The molecule has 1 aliphatic carbocycles. The molecule has 9 heteroatoms. The van der Waals surface area contributed by atoms with Gasteiger partial charge in [-0.05, 0) is 62.9 Å². The Morgan fingerprint density at radius 3 is 2.70 bits per heavy atom. The highest BCUT2D eigenvalue weighted by Gasteiger charge is 2.27. The number of phenols is 1. The molecule has 0 bridgehead atoms. The fourth-order valence-corrected chi connectivity index (χ4v) is 4.47. The number of rotatable bonds is 6. The van der Waals surface area contributed by atoms with Crippen LogP contribution in [0.2, 0.25) is 0 Å². The van der Waals surface area contributed by atoms with Gasteiger partial charge in [0.15, 0.2) is 10.8 Å². The van der Waals surface area contributed by atoms with Crippen molar-refractivity contribution in [2.75, 3.05) is 24.5 Å². The van der Waals surface area contributed by atoms with Crippen LogP contribution in [0.1, 0.15) is 24.3 Å². The zero-order valence-electron chi connectivity index (χ0n) is 16.7. The molecule has 1 saturated carbocycles. The third-order valence-corrected chi connectivity index (χ3v) is 6.54. The molecular weight excluding hydrogens is 403 g/mol. The van der Waals surface area contributed by atoms with Crippen molar-refractivity contribution in [1.82, 2.24) is 25.7 Å². The molecule has 0 spiro atoms. The lowest BCUT2D eigenvalue weighted by Crippen LogP contribution is -2.34. The molecule has 7 nitrogen and oxygen atoms in total. The number of halogens is 1. The van der Waals surface area contributed by atoms with Crippen molar-refractivity contribution in [3.8, 4) is 27.6 Å². The third kappa shape index (κ3) is 3.99. The lowest BCUT2D eigenvalue weighted by Gasteiger charge is -2.17. The van der Waals surface area contributed by atoms with Gasteiger partial charge in [-0.15, -0.1) is 20.4 Å². The van der Waals surface area contributed by atoms with E-state index in [1.165, 1.54) is 36.3 Å². The van der Waals surface area contributed by atoms with E-state index >= 15 is 0 Å². The van der Waals surface area contributed by atoms with Gasteiger partial charge < -0.3 is 15.3 Å². The molecule has 1 aromatic carbocycles. The molecular formula is C21H23FN6OS. The van der Waals surface area contributed by atoms with Gasteiger partial charge >= 0.3 is 0 Å². The molecule has 2 N–H and O–H groups in total. The minimum atomic E-state index is -0.478. The normalized spacial score (nSPS) is 18.9. The van der Waals surface area contributed by atoms with Crippen LogP contribution in [0.5, 0.6) is 5.75 Å². The van der Waals surface area contributed by atoms with Crippen molar-refractivity contribution in [1.29, 1.82) is 0 Å². The molecule has 3 aromatic rings. The average molecular weight is 427 g/mol. The second-order valence-corrected chi connectivity index (χ2v) is 9.22. The van der Waals surface area contributed by atoms with Crippen LogP contribution in [0.4, 0.5) is 10.2 Å². The monoisotopic (exact) mass is 426 g/mol. The zero-order chi connectivity index (χ0) is 20.7. The number of nitrogens with zero attached hydrogens (tertiary/aromatic N) is 5. The average Bonchev–Trinajstić information content (AvgIpc) is 3.28. The fraction of sp³-hybridized carbons (Fsp3) is 0.429. The SMILES string of the molecule is Cc1nnc(-c2cc(O)c(-c3ccc(N4CC[C@@H](NCC5CC5)C4)nn3)cc2F)s1. The molecule has 0 amide bonds. The number of nitrogens with one attached hydrogen (secondary N) is 1. The summed E-state index contributed by atoms with van der Waals surface area (Å²) in [5.41, 5.74) is 0.966. The number of hydrogen-bond donors (Lipinski definition) is 2. The van der Waals surface area contributed by atoms with Crippen LogP contribution in [0.3, 0.4) is 0 Å². The first kappa shape index (κ1) is 19.3. The molecule has 1 aliphatic heterocycles. The van der Waals surface area contributed by atoms with Crippen molar-refractivity contribution in [3.05, 3.63) is 35.1 Å². The number of hydrogen-bond acceptors (Lipinski definition) is 8. The maximum Gasteiger partial charge on any atom is 0.151 e. The lowest BCUT2D eigenvalue weighted by molar-refractivity contribution is 0.475. The number of anilines is 1. The van der Waals surface area contributed by atoms with E-state index in [0.717, 1.165) is 42.8 Å². The van der Waals surface area contributed by atoms with Gasteiger partial charge in [-0.25, -0.2) is 4.39 Å². The van der Waals surface area contributed by atoms with Crippen molar-refractivity contribution >= 4 is 17.2 Å². The summed E-state index contributed by atoms with van der Waals surface area (Å²) in [5.74, 6) is 1.13. The van der Waals surface area contributed by atoms with Crippen LogP contribution >= 0.6 is 11.3 Å². The summed E-state index contributed by atoms with van der Waals surface area (Å²) >= 11 is 1.28. The van der Waals surface area contributed by atoms with Crippen LogP contribution < -0.4 is 10.2 Å². The van der Waals surface area contributed by atoms with E-state index in [4.69, 9.17) is 0 Å². The van der Waals surface area contributed by atoms with Crippen LogP contribution in [0.15, 0.2) is 24.3 Å². The summed E-state index contributed by atoms with van der Waals surface area (Å²) in [6, 6.07) is 6.79. The van der Waals surface area contributed by atoms with E-state index in [0.29, 0.717) is 22.3 Å². The standard InChI is InChI=1S/C21H23FN6OS/c1-12-24-27-21(30-12)15-9-19(29)16(8-17(15)22)18-4-5-20(26-25-18)28-7-6-14(11-28)23-10-13-2-3-13/h4-5,8-9,13-14,23,29H,2-3,6-7,10-11H2,1H3/t14-/m1/s1. The van der Waals surface area contributed by atoms with E-state index in [1.54, 1.807) is 13.0 Å². The van der Waals surface area contributed by atoms with Crippen LogP contribution in [0, 0.1) is 18.7 Å². The third-order valence-electron chi connectivity index (χ3n) is 5.67. The van der Waals surface area contributed by atoms with Gasteiger partial charge in [0, 0.05) is 24.7 Å². The lowest BCUT2D eigenvalue weighted by atomic mass is 10.1. The predicted octanol–water partition coefficient (Wildman–Crippen LogP) is 3.39. The van der Waals surface area contributed by atoms with Gasteiger partial charge in [0.25, 0.3) is 0 Å². The quantitative estimate of drug-likeness (QED) is 0.625. The molecule has 0 unspecified atom stereocenters.